The van der Waals surface area contributed by atoms with Crippen LogP contribution in [0.3, 0.4) is 0 Å². The second-order valence-electron chi connectivity index (χ2n) is 4.08. The SMILES string of the molecule is Cc1nccc(CNc2nc3cc(F)ccc3s2)n1. The smallest absolute Gasteiger partial charge is 0.184 e. The molecule has 0 unspecified atom stereocenters. The molecule has 0 radical (unpaired) electrons. The van der Waals surface area contributed by atoms with Crippen LogP contribution in [-0.2, 0) is 6.54 Å². The van der Waals surface area contributed by atoms with Crippen molar-refractivity contribution in [3.8, 4) is 0 Å². The van der Waals surface area contributed by atoms with Crippen LogP contribution >= 0.6 is 11.3 Å². The first-order chi connectivity index (χ1) is 9.20. The summed E-state index contributed by atoms with van der Waals surface area (Å²) in [6, 6.07) is 6.47. The third-order valence-corrected chi connectivity index (χ3v) is 3.60. The summed E-state index contributed by atoms with van der Waals surface area (Å²) in [5.74, 6) is 0.474. The maximum Gasteiger partial charge on any atom is 0.184 e. The van der Waals surface area contributed by atoms with Gasteiger partial charge in [0.15, 0.2) is 5.13 Å². The lowest BCUT2D eigenvalue weighted by atomic mass is 10.3. The molecule has 3 aromatic rings. The van der Waals surface area contributed by atoms with Crippen molar-refractivity contribution in [2.75, 3.05) is 5.32 Å². The molecule has 0 aliphatic rings. The number of fused-ring (bicyclic) bond motifs is 1. The Bertz CT molecular complexity index is 725. The molecule has 0 saturated carbocycles. The number of thiazole rings is 1. The second kappa shape index (κ2) is 4.89. The molecule has 2 heterocycles. The Balaban J connectivity index is 1.78. The highest BCUT2D eigenvalue weighted by atomic mass is 32.1. The third-order valence-electron chi connectivity index (χ3n) is 2.60. The van der Waals surface area contributed by atoms with E-state index < -0.39 is 0 Å². The lowest BCUT2D eigenvalue weighted by molar-refractivity contribution is 0.629. The van der Waals surface area contributed by atoms with Crippen LogP contribution in [0.15, 0.2) is 30.5 Å². The maximum atomic E-state index is 13.1. The zero-order valence-electron chi connectivity index (χ0n) is 10.2. The first-order valence-electron chi connectivity index (χ1n) is 5.79. The molecule has 0 amide bonds. The molecule has 0 aliphatic carbocycles. The molecule has 1 N–H and O–H groups in total. The molecular weight excluding hydrogens is 263 g/mol. The van der Waals surface area contributed by atoms with Gasteiger partial charge in [-0.2, -0.15) is 0 Å². The van der Waals surface area contributed by atoms with Crippen LogP contribution in [-0.4, -0.2) is 15.0 Å². The van der Waals surface area contributed by atoms with Crippen molar-refractivity contribution >= 4 is 26.7 Å². The minimum atomic E-state index is -0.268. The number of hydrogen-bond donors (Lipinski definition) is 1. The number of rotatable bonds is 3. The van der Waals surface area contributed by atoms with Crippen LogP contribution in [0.5, 0.6) is 0 Å². The minimum Gasteiger partial charge on any atom is -0.356 e. The highest BCUT2D eigenvalue weighted by Gasteiger charge is 2.05. The minimum absolute atomic E-state index is 0.268. The molecule has 0 fully saturated rings. The average molecular weight is 274 g/mol. The van der Waals surface area contributed by atoms with Gasteiger partial charge in [-0.3, -0.25) is 0 Å². The summed E-state index contributed by atoms with van der Waals surface area (Å²) in [5, 5.41) is 3.95. The van der Waals surface area contributed by atoms with Crippen molar-refractivity contribution in [3.63, 3.8) is 0 Å². The Labute approximate surface area is 113 Å². The van der Waals surface area contributed by atoms with Gasteiger partial charge in [0.1, 0.15) is 11.6 Å². The van der Waals surface area contributed by atoms with Crippen LogP contribution in [0.2, 0.25) is 0 Å². The molecule has 6 heteroatoms. The molecule has 19 heavy (non-hydrogen) atoms. The van der Waals surface area contributed by atoms with E-state index in [1.54, 1.807) is 12.3 Å². The van der Waals surface area contributed by atoms with E-state index >= 15 is 0 Å². The summed E-state index contributed by atoms with van der Waals surface area (Å²) < 4.78 is 14.0. The molecule has 0 aliphatic heterocycles. The van der Waals surface area contributed by atoms with Gasteiger partial charge in [0.25, 0.3) is 0 Å². The van der Waals surface area contributed by atoms with E-state index in [-0.39, 0.29) is 5.82 Å². The summed E-state index contributed by atoms with van der Waals surface area (Å²) in [6.45, 7) is 2.43. The number of anilines is 1. The molecule has 1 aromatic carbocycles. The van der Waals surface area contributed by atoms with Crippen molar-refractivity contribution in [3.05, 3.63) is 47.8 Å². The van der Waals surface area contributed by atoms with E-state index in [2.05, 4.69) is 20.3 Å². The van der Waals surface area contributed by atoms with Crippen LogP contribution in [0, 0.1) is 12.7 Å². The molecule has 0 bridgehead atoms. The first kappa shape index (κ1) is 12.0. The number of aromatic nitrogens is 3. The molecule has 0 spiro atoms. The zero-order valence-corrected chi connectivity index (χ0v) is 11.0. The number of nitrogens with one attached hydrogen (secondary N) is 1. The van der Waals surface area contributed by atoms with Gasteiger partial charge in [-0.15, -0.1) is 0 Å². The number of hydrogen-bond acceptors (Lipinski definition) is 5. The van der Waals surface area contributed by atoms with Gasteiger partial charge in [0, 0.05) is 12.3 Å². The van der Waals surface area contributed by atoms with Crippen molar-refractivity contribution in [1.29, 1.82) is 0 Å². The lowest BCUT2D eigenvalue weighted by Crippen LogP contribution is -2.02. The van der Waals surface area contributed by atoms with Crippen molar-refractivity contribution < 1.29 is 4.39 Å². The third kappa shape index (κ3) is 2.68. The van der Waals surface area contributed by atoms with E-state index in [9.17, 15) is 4.39 Å². The van der Waals surface area contributed by atoms with Gasteiger partial charge in [-0.25, -0.2) is 19.3 Å². The van der Waals surface area contributed by atoms with E-state index in [0.717, 1.165) is 21.3 Å². The van der Waals surface area contributed by atoms with Gasteiger partial charge < -0.3 is 5.32 Å². The Hall–Kier alpha value is -2.08. The van der Waals surface area contributed by atoms with Gasteiger partial charge in [-0.1, -0.05) is 11.3 Å². The standard InChI is InChI=1S/C13H11FN4S/c1-8-15-5-4-10(17-8)7-16-13-18-11-6-9(14)2-3-12(11)19-13/h2-6H,7H2,1H3,(H,16,18). The largest absolute Gasteiger partial charge is 0.356 e. The van der Waals surface area contributed by atoms with Crippen molar-refractivity contribution in [2.45, 2.75) is 13.5 Å². The van der Waals surface area contributed by atoms with E-state index in [1.165, 1.54) is 23.5 Å². The monoisotopic (exact) mass is 274 g/mol. The maximum absolute atomic E-state index is 13.1. The normalized spacial score (nSPS) is 10.8. The predicted octanol–water partition coefficient (Wildman–Crippen LogP) is 3.15. The van der Waals surface area contributed by atoms with Crippen molar-refractivity contribution in [1.82, 2.24) is 15.0 Å². The molecular formula is C13H11FN4S. The fourth-order valence-electron chi connectivity index (χ4n) is 1.75. The second-order valence-corrected chi connectivity index (χ2v) is 5.11. The topological polar surface area (TPSA) is 50.7 Å². The van der Waals surface area contributed by atoms with Gasteiger partial charge >= 0.3 is 0 Å². The first-order valence-corrected chi connectivity index (χ1v) is 6.61. The fourth-order valence-corrected chi connectivity index (χ4v) is 2.59. The molecule has 2 aromatic heterocycles. The predicted molar refractivity (Wildman–Crippen MR) is 73.7 cm³/mol. The van der Waals surface area contributed by atoms with Crippen molar-refractivity contribution in [2.24, 2.45) is 0 Å². The fraction of sp³-hybridized carbons (Fsp3) is 0.154. The summed E-state index contributed by atoms with van der Waals surface area (Å²) in [5.41, 5.74) is 1.57. The summed E-state index contributed by atoms with van der Waals surface area (Å²) >= 11 is 1.50. The van der Waals surface area contributed by atoms with E-state index in [1.807, 2.05) is 13.0 Å². The van der Waals surface area contributed by atoms with Gasteiger partial charge in [0.2, 0.25) is 0 Å². The Morgan fingerprint density at radius 2 is 2.16 bits per heavy atom. The average Bonchev–Trinajstić information content (AvgIpc) is 2.78. The van der Waals surface area contributed by atoms with Crippen LogP contribution in [0.4, 0.5) is 9.52 Å². The van der Waals surface area contributed by atoms with Gasteiger partial charge in [0.05, 0.1) is 22.5 Å². The van der Waals surface area contributed by atoms with E-state index in [4.69, 9.17) is 0 Å². The van der Waals surface area contributed by atoms with Crippen LogP contribution < -0.4 is 5.32 Å². The Morgan fingerprint density at radius 3 is 3.00 bits per heavy atom. The number of halogens is 1. The number of nitrogens with zero attached hydrogens (tertiary/aromatic N) is 3. The summed E-state index contributed by atoms with van der Waals surface area (Å²) in [4.78, 5) is 12.7. The number of aryl methyl sites for hydroxylation is 1. The van der Waals surface area contributed by atoms with Gasteiger partial charge in [-0.05, 0) is 25.1 Å². The lowest BCUT2D eigenvalue weighted by Gasteiger charge is -2.01. The number of benzene rings is 1. The molecule has 96 valence electrons. The van der Waals surface area contributed by atoms with E-state index in [0.29, 0.717) is 12.1 Å². The Kier molecular flexibility index (Phi) is 3.08. The Morgan fingerprint density at radius 1 is 1.26 bits per heavy atom. The zero-order chi connectivity index (χ0) is 13.2. The molecule has 0 atom stereocenters. The molecule has 0 saturated heterocycles. The summed E-state index contributed by atoms with van der Waals surface area (Å²) in [7, 11) is 0. The molecule has 3 rings (SSSR count). The quantitative estimate of drug-likeness (QED) is 0.797. The highest BCUT2D eigenvalue weighted by Crippen LogP contribution is 2.26. The summed E-state index contributed by atoms with van der Waals surface area (Å²) in [6.07, 6.45) is 1.73. The van der Waals surface area contributed by atoms with Crippen LogP contribution in [0.25, 0.3) is 10.2 Å². The molecule has 4 nitrogen and oxygen atoms in total. The van der Waals surface area contributed by atoms with Crippen LogP contribution in [0.1, 0.15) is 11.5 Å². The highest BCUT2D eigenvalue weighted by molar-refractivity contribution is 7.22.